The van der Waals surface area contributed by atoms with Crippen LogP contribution < -0.4 is 5.32 Å². The van der Waals surface area contributed by atoms with E-state index in [1.807, 2.05) is 20.8 Å². The van der Waals surface area contributed by atoms with Gasteiger partial charge in [-0.3, -0.25) is 4.79 Å². The van der Waals surface area contributed by atoms with E-state index in [1.165, 1.54) is 0 Å². The number of hydrogen-bond acceptors (Lipinski definition) is 2. The quantitative estimate of drug-likeness (QED) is 0.842. The summed E-state index contributed by atoms with van der Waals surface area (Å²) in [6.45, 7) is 6.02. The number of rotatable bonds is 2. The molecule has 1 rings (SSSR count). The minimum Gasteiger partial charge on any atom is -0.309 e. The molecule has 3 nitrogen and oxygen atoms in total. The highest BCUT2D eigenvalue weighted by molar-refractivity contribution is 6.33. The number of nitrogens with zero attached hydrogens (tertiary/aromatic N) is 1. The Morgan fingerprint density at radius 3 is 2.73 bits per heavy atom. The van der Waals surface area contributed by atoms with Gasteiger partial charge in [-0.15, -0.1) is 0 Å². The zero-order valence-corrected chi connectivity index (χ0v) is 9.93. The molecule has 0 aliphatic rings. The van der Waals surface area contributed by atoms with E-state index in [1.54, 1.807) is 18.3 Å². The molecule has 1 amide bonds. The number of amides is 1. The molecule has 4 heteroatoms. The third kappa shape index (κ3) is 4.30. The van der Waals surface area contributed by atoms with Crippen LogP contribution in [0.15, 0.2) is 18.3 Å². The summed E-state index contributed by atoms with van der Waals surface area (Å²) in [4.78, 5) is 15.6. The number of aromatic nitrogens is 1. The number of carbonyl (C=O) groups excluding carboxylic acids is 1. The molecule has 1 aromatic heterocycles. The van der Waals surface area contributed by atoms with Crippen molar-refractivity contribution in [2.45, 2.75) is 27.2 Å². The Hall–Kier alpha value is -1.09. The number of nitrogens with one attached hydrogen (secondary N) is 1. The van der Waals surface area contributed by atoms with Crippen LogP contribution in [0.25, 0.3) is 0 Å². The molecule has 0 atom stereocenters. The summed E-state index contributed by atoms with van der Waals surface area (Å²) in [5.74, 6) is 0.358. The predicted octanol–water partition coefficient (Wildman–Crippen LogP) is 3.11. The zero-order valence-electron chi connectivity index (χ0n) is 9.17. The normalized spacial score (nSPS) is 11.2. The standard InChI is InChI=1S/C11H15ClN2O/c1-11(2,3)7-9(15)14-10-8(12)5-4-6-13-10/h4-6H,7H2,1-3H3,(H,13,14,15). The van der Waals surface area contributed by atoms with Crippen molar-refractivity contribution in [2.75, 3.05) is 5.32 Å². The van der Waals surface area contributed by atoms with Crippen molar-refractivity contribution in [1.82, 2.24) is 4.98 Å². The van der Waals surface area contributed by atoms with Crippen LogP contribution in [0.4, 0.5) is 5.82 Å². The molecule has 82 valence electrons. The molecule has 0 aliphatic heterocycles. The van der Waals surface area contributed by atoms with Gasteiger partial charge in [-0.1, -0.05) is 32.4 Å². The summed E-state index contributed by atoms with van der Waals surface area (Å²) in [7, 11) is 0. The fourth-order valence-electron chi connectivity index (χ4n) is 1.14. The van der Waals surface area contributed by atoms with Gasteiger partial charge >= 0.3 is 0 Å². The van der Waals surface area contributed by atoms with Crippen LogP contribution >= 0.6 is 11.6 Å². The minimum absolute atomic E-state index is 0.0364. The first-order valence-corrected chi connectivity index (χ1v) is 5.17. The Labute approximate surface area is 94.9 Å². The Bertz CT molecular complexity index is 358. The van der Waals surface area contributed by atoms with Gasteiger partial charge in [0.05, 0.1) is 5.02 Å². The molecule has 0 saturated heterocycles. The van der Waals surface area contributed by atoms with Gasteiger partial charge in [0, 0.05) is 12.6 Å². The van der Waals surface area contributed by atoms with Gasteiger partial charge < -0.3 is 5.32 Å². The van der Waals surface area contributed by atoms with E-state index in [2.05, 4.69) is 10.3 Å². The van der Waals surface area contributed by atoms with Gasteiger partial charge in [0.1, 0.15) is 0 Å². The fraction of sp³-hybridized carbons (Fsp3) is 0.455. The molecule has 1 heterocycles. The van der Waals surface area contributed by atoms with Crippen molar-refractivity contribution in [2.24, 2.45) is 5.41 Å². The summed E-state index contributed by atoms with van der Waals surface area (Å²) >= 11 is 5.86. The monoisotopic (exact) mass is 226 g/mol. The van der Waals surface area contributed by atoms with E-state index in [-0.39, 0.29) is 11.3 Å². The Kier molecular flexibility index (Phi) is 3.69. The van der Waals surface area contributed by atoms with E-state index in [9.17, 15) is 4.79 Å². The molecule has 0 fully saturated rings. The maximum atomic E-state index is 11.6. The molecule has 0 saturated carbocycles. The molecule has 1 aromatic rings. The lowest BCUT2D eigenvalue weighted by molar-refractivity contribution is -0.117. The molecule has 1 N–H and O–H groups in total. The van der Waals surface area contributed by atoms with Gasteiger partial charge in [0.25, 0.3) is 0 Å². The van der Waals surface area contributed by atoms with E-state index in [4.69, 9.17) is 11.6 Å². The van der Waals surface area contributed by atoms with Crippen LogP contribution in [0, 0.1) is 5.41 Å². The molecular formula is C11H15ClN2O. The van der Waals surface area contributed by atoms with E-state index in [0.717, 1.165) is 0 Å². The number of carbonyl (C=O) groups is 1. The van der Waals surface area contributed by atoms with Crippen LogP contribution in [-0.4, -0.2) is 10.9 Å². The number of halogens is 1. The molecule has 15 heavy (non-hydrogen) atoms. The van der Waals surface area contributed by atoms with Crippen LogP contribution in [0.5, 0.6) is 0 Å². The van der Waals surface area contributed by atoms with Gasteiger partial charge in [0.15, 0.2) is 5.82 Å². The Morgan fingerprint density at radius 2 is 2.20 bits per heavy atom. The number of hydrogen-bond donors (Lipinski definition) is 1. The van der Waals surface area contributed by atoms with Crippen molar-refractivity contribution in [3.05, 3.63) is 23.4 Å². The topological polar surface area (TPSA) is 42.0 Å². The third-order valence-electron chi connectivity index (χ3n) is 1.71. The highest BCUT2D eigenvalue weighted by Gasteiger charge is 2.16. The molecule has 0 aromatic carbocycles. The number of anilines is 1. The molecule has 0 bridgehead atoms. The molecule has 0 aliphatic carbocycles. The van der Waals surface area contributed by atoms with Gasteiger partial charge in [-0.2, -0.15) is 0 Å². The molecular weight excluding hydrogens is 212 g/mol. The second-order valence-corrected chi connectivity index (χ2v) is 5.03. The Balaban J connectivity index is 2.64. The van der Waals surface area contributed by atoms with Crippen molar-refractivity contribution >= 4 is 23.3 Å². The first-order chi connectivity index (χ1) is 6.88. The van der Waals surface area contributed by atoms with E-state index >= 15 is 0 Å². The maximum absolute atomic E-state index is 11.6. The lowest BCUT2D eigenvalue weighted by Gasteiger charge is -2.17. The van der Waals surface area contributed by atoms with Crippen LogP contribution in [0.2, 0.25) is 5.02 Å². The van der Waals surface area contributed by atoms with Crippen molar-refractivity contribution < 1.29 is 4.79 Å². The van der Waals surface area contributed by atoms with Crippen molar-refractivity contribution in [3.8, 4) is 0 Å². The number of pyridine rings is 1. The van der Waals surface area contributed by atoms with Crippen LogP contribution in [-0.2, 0) is 4.79 Å². The van der Waals surface area contributed by atoms with Crippen molar-refractivity contribution in [3.63, 3.8) is 0 Å². The first kappa shape index (κ1) is 12.0. The summed E-state index contributed by atoms with van der Waals surface area (Å²) in [5, 5.41) is 3.14. The SMILES string of the molecule is CC(C)(C)CC(=O)Nc1ncccc1Cl. The van der Waals surface area contributed by atoms with E-state index in [0.29, 0.717) is 17.3 Å². The smallest absolute Gasteiger partial charge is 0.226 e. The molecule has 0 radical (unpaired) electrons. The predicted molar refractivity (Wildman–Crippen MR) is 61.9 cm³/mol. The largest absolute Gasteiger partial charge is 0.309 e. The van der Waals surface area contributed by atoms with Crippen LogP contribution in [0.1, 0.15) is 27.2 Å². The summed E-state index contributed by atoms with van der Waals surface area (Å²) in [6.07, 6.45) is 2.04. The minimum atomic E-state index is -0.0666. The first-order valence-electron chi connectivity index (χ1n) is 4.79. The highest BCUT2D eigenvalue weighted by Crippen LogP contribution is 2.21. The molecule has 0 spiro atoms. The van der Waals surface area contributed by atoms with Gasteiger partial charge in [-0.25, -0.2) is 4.98 Å². The second-order valence-electron chi connectivity index (χ2n) is 4.62. The summed E-state index contributed by atoms with van der Waals surface area (Å²) in [6, 6.07) is 3.42. The van der Waals surface area contributed by atoms with Crippen LogP contribution in [0.3, 0.4) is 0 Å². The second kappa shape index (κ2) is 4.62. The van der Waals surface area contributed by atoms with Crippen molar-refractivity contribution in [1.29, 1.82) is 0 Å². The van der Waals surface area contributed by atoms with Gasteiger partial charge in [0.2, 0.25) is 5.91 Å². The summed E-state index contributed by atoms with van der Waals surface area (Å²) in [5.41, 5.74) is -0.0364. The van der Waals surface area contributed by atoms with E-state index < -0.39 is 0 Å². The highest BCUT2D eigenvalue weighted by atomic mass is 35.5. The fourth-order valence-corrected chi connectivity index (χ4v) is 1.30. The maximum Gasteiger partial charge on any atom is 0.226 e. The van der Waals surface area contributed by atoms with Gasteiger partial charge in [-0.05, 0) is 17.5 Å². The zero-order chi connectivity index (χ0) is 11.5. The third-order valence-corrected chi connectivity index (χ3v) is 2.01. The summed E-state index contributed by atoms with van der Waals surface area (Å²) < 4.78 is 0. The lowest BCUT2D eigenvalue weighted by Crippen LogP contribution is -2.20. The molecule has 0 unspecified atom stereocenters. The lowest BCUT2D eigenvalue weighted by atomic mass is 9.92. The Morgan fingerprint density at radius 1 is 1.53 bits per heavy atom. The average Bonchev–Trinajstić information content (AvgIpc) is 2.05. The average molecular weight is 227 g/mol.